The molecule has 0 saturated carbocycles. The van der Waals surface area contributed by atoms with Crippen LogP contribution in [0.15, 0.2) is 0 Å². The molecule has 206 valence electrons. The van der Waals surface area contributed by atoms with E-state index in [1.165, 1.54) is 97.3 Å². The number of rotatable bonds is 10. The van der Waals surface area contributed by atoms with Crippen LogP contribution in [0.2, 0.25) is 0 Å². The van der Waals surface area contributed by atoms with Gasteiger partial charge in [-0.1, -0.05) is 34.6 Å². The highest BCUT2D eigenvalue weighted by Gasteiger charge is 2.38. The lowest BCUT2D eigenvalue weighted by molar-refractivity contribution is 0.0285. The monoisotopic (exact) mass is 490 g/mol. The number of likely N-dealkylation sites (N-methyl/N-ethyl adjacent to an activating group) is 2. The molecular formula is C31H62N4. The Balaban J connectivity index is 1.50. The van der Waals surface area contributed by atoms with E-state index in [2.05, 4.69) is 82.2 Å². The second-order valence-electron chi connectivity index (χ2n) is 14.6. The second kappa shape index (κ2) is 12.6. The van der Waals surface area contributed by atoms with Crippen molar-refractivity contribution in [3.8, 4) is 0 Å². The SMILES string of the molecule is CCN1CC(CN2CCCC(C(C)(C)CCC(C)(C)C3CCN(C(C)C)CC3)C2)CC(N(C)C)C1. The van der Waals surface area contributed by atoms with Crippen molar-refractivity contribution in [2.45, 2.75) is 105 Å². The summed E-state index contributed by atoms with van der Waals surface area (Å²) in [6.07, 6.45) is 9.77. The van der Waals surface area contributed by atoms with Crippen molar-refractivity contribution in [3.63, 3.8) is 0 Å². The molecular weight excluding hydrogens is 428 g/mol. The molecule has 0 bridgehead atoms. The zero-order valence-corrected chi connectivity index (χ0v) is 25.3. The van der Waals surface area contributed by atoms with Crippen LogP contribution in [0.3, 0.4) is 0 Å². The van der Waals surface area contributed by atoms with Gasteiger partial charge in [-0.05, 0) is 128 Å². The van der Waals surface area contributed by atoms with Gasteiger partial charge in [0.1, 0.15) is 0 Å². The molecule has 4 heteroatoms. The molecule has 0 radical (unpaired) electrons. The van der Waals surface area contributed by atoms with Crippen molar-refractivity contribution in [1.29, 1.82) is 0 Å². The zero-order chi connectivity index (χ0) is 25.8. The second-order valence-corrected chi connectivity index (χ2v) is 14.6. The van der Waals surface area contributed by atoms with E-state index in [0.29, 0.717) is 16.9 Å². The molecule has 3 heterocycles. The first kappa shape index (κ1) is 29.4. The smallest absolute Gasteiger partial charge is 0.0220 e. The number of likely N-dealkylation sites (tertiary alicyclic amines) is 3. The summed E-state index contributed by atoms with van der Waals surface area (Å²) in [5.74, 6) is 2.58. The predicted molar refractivity (Wildman–Crippen MR) is 153 cm³/mol. The van der Waals surface area contributed by atoms with Crippen LogP contribution in [0.1, 0.15) is 93.4 Å². The Bertz CT molecular complexity index is 619. The number of piperidine rings is 3. The van der Waals surface area contributed by atoms with Crippen LogP contribution in [0.5, 0.6) is 0 Å². The summed E-state index contributed by atoms with van der Waals surface area (Å²) in [4.78, 5) is 10.7. The largest absolute Gasteiger partial charge is 0.305 e. The highest BCUT2D eigenvalue weighted by atomic mass is 15.2. The Morgan fingerprint density at radius 2 is 1.43 bits per heavy atom. The fraction of sp³-hybridized carbons (Fsp3) is 1.00. The topological polar surface area (TPSA) is 13.0 Å². The van der Waals surface area contributed by atoms with E-state index >= 15 is 0 Å². The van der Waals surface area contributed by atoms with Gasteiger partial charge < -0.3 is 19.6 Å². The van der Waals surface area contributed by atoms with Gasteiger partial charge in [-0.2, -0.15) is 0 Å². The van der Waals surface area contributed by atoms with Gasteiger partial charge in [0.25, 0.3) is 0 Å². The summed E-state index contributed by atoms with van der Waals surface area (Å²) in [6.45, 7) is 27.7. The van der Waals surface area contributed by atoms with Crippen LogP contribution < -0.4 is 0 Å². The number of nitrogens with zero attached hydrogens (tertiary/aromatic N) is 4. The first-order valence-corrected chi connectivity index (χ1v) is 15.3. The maximum atomic E-state index is 2.86. The Kier molecular flexibility index (Phi) is 10.6. The third-order valence-electron chi connectivity index (χ3n) is 10.7. The highest BCUT2D eigenvalue weighted by molar-refractivity contribution is 4.91. The van der Waals surface area contributed by atoms with Crippen molar-refractivity contribution in [3.05, 3.63) is 0 Å². The maximum absolute atomic E-state index is 2.86. The molecule has 0 aromatic heterocycles. The summed E-state index contributed by atoms with van der Waals surface area (Å²) in [6, 6.07) is 1.43. The Morgan fingerprint density at radius 1 is 0.800 bits per heavy atom. The Labute approximate surface area is 220 Å². The summed E-state index contributed by atoms with van der Waals surface area (Å²) in [5, 5.41) is 0. The first-order valence-electron chi connectivity index (χ1n) is 15.3. The fourth-order valence-corrected chi connectivity index (χ4v) is 7.51. The summed E-state index contributed by atoms with van der Waals surface area (Å²) in [7, 11) is 4.55. The van der Waals surface area contributed by atoms with E-state index in [4.69, 9.17) is 0 Å². The lowest BCUT2D eigenvalue weighted by Gasteiger charge is -2.47. The van der Waals surface area contributed by atoms with Crippen molar-refractivity contribution < 1.29 is 0 Å². The molecule has 0 aromatic rings. The fourth-order valence-electron chi connectivity index (χ4n) is 7.51. The molecule has 0 aromatic carbocycles. The number of hydrogen-bond donors (Lipinski definition) is 0. The minimum atomic E-state index is 0.447. The lowest BCUT2D eigenvalue weighted by atomic mass is 9.65. The quantitative estimate of drug-likeness (QED) is 0.377. The predicted octanol–water partition coefficient (Wildman–Crippen LogP) is 5.92. The summed E-state index contributed by atoms with van der Waals surface area (Å²) >= 11 is 0. The van der Waals surface area contributed by atoms with Crippen molar-refractivity contribution in [1.82, 2.24) is 19.6 Å². The number of hydrogen-bond acceptors (Lipinski definition) is 4. The van der Waals surface area contributed by atoms with Crippen molar-refractivity contribution in [2.75, 3.05) is 66.5 Å². The molecule has 3 fully saturated rings. The normalized spacial score (nSPS) is 29.4. The van der Waals surface area contributed by atoms with Crippen molar-refractivity contribution in [2.24, 2.45) is 28.6 Å². The minimum absolute atomic E-state index is 0.447. The molecule has 0 spiro atoms. The summed E-state index contributed by atoms with van der Waals surface area (Å²) < 4.78 is 0. The first-order chi connectivity index (χ1) is 16.4. The average Bonchev–Trinajstić information content (AvgIpc) is 2.83. The standard InChI is InChI=1S/C31H62N4/c1-10-33-21-26(20-29(24-33)32(8)9)22-34-17-11-12-28(23-34)31(6,7)16-15-30(4,5)27-13-18-35(19-14-27)25(2)3/h25-29H,10-24H2,1-9H3. The molecule has 3 saturated heterocycles. The third kappa shape index (κ3) is 8.16. The maximum Gasteiger partial charge on any atom is 0.0220 e. The molecule has 3 aliphatic heterocycles. The van der Waals surface area contributed by atoms with Crippen LogP contribution >= 0.6 is 0 Å². The van der Waals surface area contributed by atoms with Gasteiger partial charge in [0.15, 0.2) is 0 Å². The minimum Gasteiger partial charge on any atom is -0.305 e. The van der Waals surface area contributed by atoms with Gasteiger partial charge in [-0.15, -0.1) is 0 Å². The molecule has 3 unspecified atom stereocenters. The van der Waals surface area contributed by atoms with Crippen LogP contribution in [-0.4, -0.2) is 98.1 Å². The van der Waals surface area contributed by atoms with Gasteiger partial charge in [0.2, 0.25) is 0 Å². The molecule has 3 rings (SSSR count). The van der Waals surface area contributed by atoms with Crippen LogP contribution in [0, 0.1) is 28.6 Å². The molecule has 0 N–H and O–H groups in total. The molecule has 3 atom stereocenters. The van der Waals surface area contributed by atoms with Gasteiger partial charge in [-0.25, -0.2) is 0 Å². The molecule has 0 aliphatic carbocycles. The van der Waals surface area contributed by atoms with Gasteiger partial charge in [0.05, 0.1) is 0 Å². The van der Waals surface area contributed by atoms with Crippen molar-refractivity contribution >= 4 is 0 Å². The van der Waals surface area contributed by atoms with Crippen LogP contribution in [-0.2, 0) is 0 Å². The van der Waals surface area contributed by atoms with E-state index in [-0.39, 0.29) is 0 Å². The third-order valence-corrected chi connectivity index (χ3v) is 10.7. The lowest BCUT2D eigenvalue weighted by Crippen LogP contribution is -2.52. The van der Waals surface area contributed by atoms with Gasteiger partial charge >= 0.3 is 0 Å². The Morgan fingerprint density at radius 3 is 2.00 bits per heavy atom. The molecule has 35 heavy (non-hydrogen) atoms. The van der Waals surface area contributed by atoms with Gasteiger partial charge in [0, 0.05) is 38.3 Å². The average molecular weight is 491 g/mol. The van der Waals surface area contributed by atoms with Gasteiger partial charge in [-0.3, -0.25) is 0 Å². The Hall–Kier alpha value is -0.160. The van der Waals surface area contributed by atoms with E-state index in [1.54, 1.807) is 0 Å². The van der Waals surface area contributed by atoms with E-state index in [0.717, 1.165) is 23.8 Å². The van der Waals surface area contributed by atoms with Crippen LogP contribution in [0.25, 0.3) is 0 Å². The highest BCUT2D eigenvalue weighted by Crippen LogP contribution is 2.45. The van der Waals surface area contributed by atoms with E-state index < -0.39 is 0 Å². The summed E-state index contributed by atoms with van der Waals surface area (Å²) in [5.41, 5.74) is 0.921. The molecule has 4 nitrogen and oxygen atoms in total. The molecule has 0 amide bonds. The van der Waals surface area contributed by atoms with E-state index in [1.807, 2.05) is 0 Å². The zero-order valence-electron chi connectivity index (χ0n) is 25.3. The van der Waals surface area contributed by atoms with Crippen LogP contribution in [0.4, 0.5) is 0 Å². The van der Waals surface area contributed by atoms with E-state index in [9.17, 15) is 0 Å². The molecule has 3 aliphatic rings.